The number of para-hydroxylation sites is 1. The molecular formula is C21H20FN3O2. The van der Waals surface area contributed by atoms with Gasteiger partial charge in [0.05, 0.1) is 5.92 Å². The summed E-state index contributed by atoms with van der Waals surface area (Å²) < 4.78 is 13.2. The summed E-state index contributed by atoms with van der Waals surface area (Å²) in [5.74, 6) is -1.20. The van der Waals surface area contributed by atoms with Crippen LogP contribution in [0.25, 0.3) is 10.9 Å². The second-order valence-corrected chi connectivity index (χ2v) is 6.74. The Kier molecular flexibility index (Phi) is 4.39. The Morgan fingerprint density at radius 2 is 1.89 bits per heavy atom. The molecule has 1 aliphatic heterocycles. The van der Waals surface area contributed by atoms with Crippen molar-refractivity contribution >= 4 is 22.7 Å². The van der Waals surface area contributed by atoms with Crippen LogP contribution in [0.4, 0.5) is 4.39 Å². The van der Waals surface area contributed by atoms with Crippen LogP contribution in [0.5, 0.6) is 0 Å². The van der Waals surface area contributed by atoms with E-state index in [4.69, 9.17) is 0 Å². The number of carbonyl (C=O) groups excluding carboxylic acids is 2. The van der Waals surface area contributed by atoms with E-state index in [-0.39, 0.29) is 24.2 Å². The fourth-order valence-electron chi connectivity index (χ4n) is 3.79. The van der Waals surface area contributed by atoms with Crippen molar-refractivity contribution in [1.29, 1.82) is 0 Å². The van der Waals surface area contributed by atoms with Crippen LogP contribution in [-0.2, 0) is 11.2 Å². The first-order valence-electron chi connectivity index (χ1n) is 8.94. The third-order valence-corrected chi connectivity index (χ3v) is 5.17. The largest absolute Gasteiger partial charge is 0.359 e. The molecule has 1 aliphatic rings. The van der Waals surface area contributed by atoms with Gasteiger partial charge in [-0.15, -0.1) is 0 Å². The number of aromatic nitrogens is 1. The van der Waals surface area contributed by atoms with Crippen molar-refractivity contribution in [2.75, 3.05) is 20.1 Å². The van der Waals surface area contributed by atoms with Gasteiger partial charge in [0.2, 0.25) is 5.91 Å². The standard InChI is InChI=1S/C21H20FN3O2/c1-23-20(26)17-12-25(21(27)13-6-8-14(22)9-7-13)11-10-16-15-4-2-3-5-18(15)24-19(16)17/h2-9,17,24H,10-12H2,1H3,(H,23,26). The molecule has 2 heterocycles. The number of hydrogen-bond acceptors (Lipinski definition) is 2. The Labute approximate surface area is 156 Å². The molecule has 0 fully saturated rings. The van der Waals surface area contributed by atoms with Crippen molar-refractivity contribution in [3.05, 3.63) is 71.2 Å². The summed E-state index contributed by atoms with van der Waals surface area (Å²) in [5.41, 5.74) is 3.36. The maximum Gasteiger partial charge on any atom is 0.253 e. The fraction of sp³-hybridized carbons (Fsp3) is 0.238. The van der Waals surface area contributed by atoms with Gasteiger partial charge in [0, 0.05) is 42.3 Å². The van der Waals surface area contributed by atoms with Gasteiger partial charge in [0.1, 0.15) is 5.82 Å². The van der Waals surface area contributed by atoms with Gasteiger partial charge < -0.3 is 15.2 Å². The van der Waals surface area contributed by atoms with E-state index < -0.39 is 5.92 Å². The van der Waals surface area contributed by atoms with Gasteiger partial charge in [-0.05, 0) is 42.3 Å². The van der Waals surface area contributed by atoms with Crippen molar-refractivity contribution in [3.8, 4) is 0 Å². The Hall–Kier alpha value is -3.15. The number of nitrogens with one attached hydrogen (secondary N) is 2. The van der Waals surface area contributed by atoms with Gasteiger partial charge >= 0.3 is 0 Å². The Balaban J connectivity index is 1.72. The molecule has 6 heteroatoms. The van der Waals surface area contributed by atoms with E-state index in [0.29, 0.717) is 18.5 Å². The number of amides is 2. The molecule has 1 aromatic heterocycles. The highest BCUT2D eigenvalue weighted by Crippen LogP contribution is 2.32. The molecule has 0 bridgehead atoms. The molecule has 5 nitrogen and oxygen atoms in total. The van der Waals surface area contributed by atoms with E-state index in [9.17, 15) is 14.0 Å². The number of likely N-dealkylation sites (N-methyl/N-ethyl adjacent to an activating group) is 1. The van der Waals surface area contributed by atoms with Crippen LogP contribution in [-0.4, -0.2) is 41.8 Å². The van der Waals surface area contributed by atoms with Gasteiger partial charge in [0.15, 0.2) is 0 Å². The van der Waals surface area contributed by atoms with E-state index in [2.05, 4.69) is 10.3 Å². The van der Waals surface area contributed by atoms with Crippen molar-refractivity contribution in [1.82, 2.24) is 15.2 Å². The van der Waals surface area contributed by atoms with Crippen LogP contribution >= 0.6 is 0 Å². The molecule has 27 heavy (non-hydrogen) atoms. The maximum absolute atomic E-state index is 13.2. The molecule has 0 spiro atoms. The molecule has 2 amide bonds. The van der Waals surface area contributed by atoms with Crippen LogP contribution < -0.4 is 5.32 Å². The van der Waals surface area contributed by atoms with E-state index >= 15 is 0 Å². The molecule has 1 atom stereocenters. The smallest absolute Gasteiger partial charge is 0.253 e. The Morgan fingerprint density at radius 1 is 1.15 bits per heavy atom. The Morgan fingerprint density at radius 3 is 2.63 bits per heavy atom. The number of fused-ring (bicyclic) bond motifs is 3. The number of aromatic amines is 1. The lowest BCUT2D eigenvalue weighted by molar-refractivity contribution is -0.122. The van der Waals surface area contributed by atoms with Crippen LogP contribution in [0.2, 0.25) is 0 Å². The monoisotopic (exact) mass is 365 g/mol. The minimum Gasteiger partial charge on any atom is -0.359 e. The summed E-state index contributed by atoms with van der Waals surface area (Å²) in [6.45, 7) is 0.772. The van der Waals surface area contributed by atoms with Crippen LogP contribution in [0, 0.1) is 5.82 Å². The number of carbonyl (C=O) groups is 2. The molecule has 3 aromatic rings. The average Bonchev–Trinajstić information content (AvgIpc) is 2.95. The van der Waals surface area contributed by atoms with Gasteiger partial charge in [-0.2, -0.15) is 0 Å². The first kappa shape index (κ1) is 17.3. The predicted molar refractivity (Wildman–Crippen MR) is 101 cm³/mol. The SMILES string of the molecule is CNC(=O)C1CN(C(=O)c2ccc(F)cc2)CCc2c1[nH]c1ccccc21. The van der Waals surface area contributed by atoms with Crippen LogP contribution in [0.1, 0.15) is 27.5 Å². The third-order valence-electron chi connectivity index (χ3n) is 5.17. The summed E-state index contributed by atoms with van der Waals surface area (Å²) >= 11 is 0. The number of H-pyrrole nitrogens is 1. The lowest BCUT2D eigenvalue weighted by atomic mass is 9.99. The van der Waals surface area contributed by atoms with Crippen LogP contribution in [0.15, 0.2) is 48.5 Å². The van der Waals surface area contributed by atoms with Gasteiger partial charge in [0.25, 0.3) is 5.91 Å². The topological polar surface area (TPSA) is 65.2 Å². The molecule has 138 valence electrons. The zero-order valence-electron chi connectivity index (χ0n) is 15.0. The zero-order valence-corrected chi connectivity index (χ0v) is 15.0. The fourth-order valence-corrected chi connectivity index (χ4v) is 3.79. The van der Waals surface area contributed by atoms with E-state index in [0.717, 1.165) is 22.2 Å². The van der Waals surface area contributed by atoms with E-state index in [1.54, 1.807) is 11.9 Å². The van der Waals surface area contributed by atoms with Gasteiger partial charge in [-0.1, -0.05) is 18.2 Å². The number of nitrogens with zero attached hydrogens (tertiary/aromatic N) is 1. The van der Waals surface area contributed by atoms with Crippen LogP contribution in [0.3, 0.4) is 0 Å². The quantitative estimate of drug-likeness (QED) is 0.733. The highest BCUT2D eigenvalue weighted by atomic mass is 19.1. The van der Waals surface area contributed by atoms with Gasteiger partial charge in [-0.25, -0.2) is 4.39 Å². The van der Waals surface area contributed by atoms with Crippen molar-refractivity contribution in [3.63, 3.8) is 0 Å². The van der Waals surface area contributed by atoms with Gasteiger partial charge in [-0.3, -0.25) is 9.59 Å². The highest BCUT2D eigenvalue weighted by molar-refractivity contribution is 5.96. The summed E-state index contributed by atoms with van der Waals surface area (Å²) in [6.07, 6.45) is 0.653. The first-order chi connectivity index (χ1) is 13.1. The maximum atomic E-state index is 13.2. The second-order valence-electron chi connectivity index (χ2n) is 6.74. The zero-order chi connectivity index (χ0) is 19.0. The predicted octanol–water partition coefficient (Wildman–Crippen LogP) is 2.84. The summed E-state index contributed by atoms with van der Waals surface area (Å²) in [4.78, 5) is 30.6. The summed E-state index contributed by atoms with van der Waals surface area (Å²) in [5, 5.41) is 3.79. The summed E-state index contributed by atoms with van der Waals surface area (Å²) in [6, 6.07) is 13.5. The number of halogens is 1. The molecular weight excluding hydrogens is 345 g/mol. The van der Waals surface area contributed by atoms with Crippen molar-refractivity contribution < 1.29 is 14.0 Å². The number of rotatable bonds is 2. The van der Waals surface area contributed by atoms with E-state index in [1.807, 2.05) is 24.3 Å². The Bertz CT molecular complexity index is 1010. The lowest BCUT2D eigenvalue weighted by Gasteiger charge is -2.24. The molecule has 0 radical (unpaired) electrons. The van der Waals surface area contributed by atoms with E-state index in [1.165, 1.54) is 24.3 Å². The number of hydrogen-bond donors (Lipinski definition) is 2. The van der Waals surface area contributed by atoms with Crippen molar-refractivity contribution in [2.24, 2.45) is 0 Å². The highest BCUT2D eigenvalue weighted by Gasteiger charge is 2.32. The normalized spacial score (nSPS) is 16.7. The minimum atomic E-state index is -0.482. The molecule has 0 aliphatic carbocycles. The third kappa shape index (κ3) is 3.07. The molecule has 0 saturated carbocycles. The van der Waals surface area contributed by atoms with Crippen molar-refractivity contribution in [2.45, 2.75) is 12.3 Å². The summed E-state index contributed by atoms with van der Waals surface area (Å²) in [7, 11) is 1.60. The average molecular weight is 365 g/mol. The second kappa shape index (κ2) is 6.87. The lowest BCUT2D eigenvalue weighted by Crippen LogP contribution is -2.39. The molecule has 2 N–H and O–H groups in total. The molecule has 2 aromatic carbocycles. The first-order valence-corrected chi connectivity index (χ1v) is 8.94. The molecule has 1 unspecified atom stereocenters. The molecule has 0 saturated heterocycles. The number of benzene rings is 2. The minimum absolute atomic E-state index is 0.137. The molecule has 4 rings (SSSR count).